The molecule has 3 N–H and O–H groups in total. The molecule has 9 heteroatoms. The second-order valence-corrected chi connectivity index (χ2v) is 9.63. The van der Waals surface area contributed by atoms with Gasteiger partial charge in [0.1, 0.15) is 0 Å². The molecule has 0 bridgehead atoms. The predicted octanol–water partition coefficient (Wildman–Crippen LogP) is 6.52. The number of carbonyl (C=O) groups excluding carboxylic acids is 1. The first-order valence-electron chi connectivity index (χ1n) is 12.6. The minimum atomic E-state index is -4.63. The van der Waals surface area contributed by atoms with E-state index >= 15 is 0 Å². The summed E-state index contributed by atoms with van der Waals surface area (Å²) < 4.78 is 41.2. The van der Waals surface area contributed by atoms with E-state index in [1.54, 1.807) is 19.2 Å². The lowest BCUT2D eigenvalue weighted by molar-refractivity contribution is -0.143. The van der Waals surface area contributed by atoms with Gasteiger partial charge in [-0.1, -0.05) is 36.4 Å². The molecule has 1 heterocycles. The number of hydrogen-bond donors (Lipinski definition) is 3. The fourth-order valence-electron chi connectivity index (χ4n) is 4.87. The van der Waals surface area contributed by atoms with E-state index in [-0.39, 0.29) is 41.7 Å². The summed E-state index contributed by atoms with van der Waals surface area (Å²) in [5.41, 5.74) is 0.199. The van der Waals surface area contributed by atoms with Crippen LogP contribution in [0.1, 0.15) is 59.8 Å². The number of anilines is 1. The molecule has 1 amide bonds. The Morgan fingerprint density at radius 3 is 2.45 bits per heavy atom. The van der Waals surface area contributed by atoms with Crippen molar-refractivity contribution in [2.75, 3.05) is 11.9 Å². The van der Waals surface area contributed by atoms with Crippen LogP contribution in [0, 0.1) is 11.8 Å². The second kappa shape index (κ2) is 11.7. The molecule has 0 unspecified atom stereocenters. The molecular weight excluding hydrogens is 495 g/mol. The van der Waals surface area contributed by atoms with Crippen LogP contribution >= 0.6 is 0 Å². The van der Waals surface area contributed by atoms with Crippen LogP contribution in [-0.2, 0) is 17.5 Å². The summed E-state index contributed by atoms with van der Waals surface area (Å²) in [5, 5.41) is 17.1. The third-order valence-corrected chi connectivity index (χ3v) is 6.97. The van der Waals surface area contributed by atoms with Gasteiger partial charge in [-0.3, -0.25) is 14.6 Å². The van der Waals surface area contributed by atoms with Crippen LogP contribution in [0.2, 0.25) is 0 Å². The number of benzene rings is 2. The molecule has 0 spiro atoms. The molecule has 1 aliphatic carbocycles. The van der Waals surface area contributed by atoms with Gasteiger partial charge >= 0.3 is 12.1 Å². The molecule has 0 aliphatic heterocycles. The van der Waals surface area contributed by atoms with E-state index in [4.69, 9.17) is 0 Å². The number of nitrogens with one attached hydrogen (secondary N) is 2. The SMILES string of the molecule is C/C=C\c1cc(C(F)(F)F)cc(C(=O)NCC2CCC(C(=O)O)CC2)c1NCc1cc2ccccc2cn1. The molecule has 2 aromatic carbocycles. The Labute approximate surface area is 219 Å². The highest BCUT2D eigenvalue weighted by Gasteiger charge is 2.33. The first-order valence-corrected chi connectivity index (χ1v) is 12.6. The van der Waals surface area contributed by atoms with Gasteiger partial charge in [-0.05, 0) is 67.7 Å². The predicted molar refractivity (Wildman–Crippen MR) is 141 cm³/mol. The average molecular weight is 526 g/mol. The van der Waals surface area contributed by atoms with E-state index in [1.807, 2.05) is 30.3 Å². The maximum Gasteiger partial charge on any atom is 0.416 e. The second-order valence-electron chi connectivity index (χ2n) is 9.63. The zero-order valence-electron chi connectivity index (χ0n) is 21.0. The van der Waals surface area contributed by atoms with E-state index in [2.05, 4.69) is 15.6 Å². The zero-order chi connectivity index (χ0) is 27.3. The highest BCUT2D eigenvalue weighted by atomic mass is 19.4. The van der Waals surface area contributed by atoms with Crippen LogP contribution in [0.25, 0.3) is 16.8 Å². The number of carboxylic acid groups (broad SMARTS) is 1. The number of fused-ring (bicyclic) bond motifs is 1. The van der Waals surface area contributed by atoms with Crippen LogP contribution in [0.15, 0.2) is 54.7 Å². The molecule has 4 rings (SSSR count). The van der Waals surface area contributed by atoms with Gasteiger partial charge in [0.05, 0.1) is 35.0 Å². The Bertz CT molecular complexity index is 1350. The van der Waals surface area contributed by atoms with E-state index in [0.29, 0.717) is 31.4 Å². The van der Waals surface area contributed by atoms with E-state index in [0.717, 1.165) is 22.9 Å². The molecule has 38 heavy (non-hydrogen) atoms. The Balaban J connectivity index is 1.58. The number of pyridine rings is 1. The van der Waals surface area contributed by atoms with Crippen molar-refractivity contribution in [3.05, 3.63) is 77.1 Å². The number of aliphatic carboxylic acids is 1. The van der Waals surface area contributed by atoms with Crippen molar-refractivity contribution >= 4 is 34.4 Å². The molecule has 6 nitrogen and oxygen atoms in total. The quantitative estimate of drug-likeness (QED) is 0.312. The van der Waals surface area contributed by atoms with Crippen LogP contribution in [0.3, 0.4) is 0 Å². The molecule has 0 radical (unpaired) electrons. The van der Waals surface area contributed by atoms with E-state index in [1.165, 1.54) is 6.08 Å². The fourth-order valence-corrected chi connectivity index (χ4v) is 4.87. The number of hydrogen-bond acceptors (Lipinski definition) is 4. The van der Waals surface area contributed by atoms with E-state index in [9.17, 15) is 27.9 Å². The van der Waals surface area contributed by atoms with Gasteiger partial charge in [0.15, 0.2) is 0 Å². The van der Waals surface area contributed by atoms with Crippen molar-refractivity contribution in [3.8, 4) is 0 Å². The maximum absolute atomic E-state index is 13.7. The van der Waals surface area contributed by atoms with Gasteiger partial charge in [0.2, 0.25) is 0 Å². The lowest BCUT2D eigenvalue weighted by atomic mass is 9.82. The highest BCUT2D eigenvalue weighted by Crippen LogP contribution is 2.35. The van der Waals surface area contributed by atoms with Gasteiger partial charge < -0.3 is 15.7 Å². The topological polar surface area (TPSA) is 91.3 Å². The van der Waals surface area contributed by atoms with Crippen molar-refractivity contribution in [3.63, 3.8) is 0 Å². The number of rotatable bonds is 8. The van der Waals surface area contributed by atoms with Crippen LogP contribution in [0.4, 0.5) is 18.9 Å². The van der Waals surface area contributed by atoms with Gasteiger partial charge in [-0.2, -0.15) is 13.2 Å². The minimum Gasteiger partial charge on any atom is -0.481 e. The van der Waals surface area contributed by atoms with Crippen molar-refractivity contribution in [2.24, 2.45) is 11.8 Å². The Kier molecular flexibility index (Phi) is 8.34. The molecule has 1 aromatic heterocycles. The van der Waals surface area contributed by atoms with Crippen LogP contribution in [0.5, 0.6) is 0 Å². The molecule has 1 aliphatic rings. The number of carbonyl (C=O) groups is 2. The summed E-state index contributed by atoms with van der Waals surface area (Å²) in [4.78, 5) is 28.9. The normalized spacial score (nSPS) is 18.0. The van der Waals surface area contributed by atoms with Crippen molar-refractivity contribution in [1.29, 1.82) is 0 Å². The molecular formula is C29H30F3N3O3. The molecule has 1 fully saturated rings. The molecule has 0 saturated heterocycles. The number of amides is 1. The molecule has 0 atom stereocenters. The lowest BCUT2D eigenvalue weighted by Crippen LogP contribution is -2.33. The Morgan fingerprint density at radius 1 is 1.08 bits per heavy atom. The summed E-state index contributed by atoms with van der Waals surface area (Å²) >= 11 is 0. The monoisotopic (exact) mass is 525 g/mol. The van der Waals surface area contributed by atoms with Gasteiger partial charge in [0, 0.05) is 18.1 Å². The smallest absolute Gasteiger partial charge is 0.416 e. The van der Waals surface area contributed by atoms with Crippen LogP contribution < -0.4 is 10.6 Å². The van der Waals surface area contributed by atoms with Crippen molar-refractivity contribution in [2.45, 2.75) is 45.3 Å². The lowest BCUT2D eigenvalue weighted by Gasteiger charge is -2.26. The third-order valence-electron chi connectivity index (χ3n) is 6.97. The molecule has 200 valence electrons. The first kappa shape index (κ1) is 27.2. The number of alkyl halides is 3. The Morgan fingerprint density at radius 2 is 1.79 bits per heavy atom. The van der Waals surface area contributed by atoms with E-state index < -0.39 is 23.6 Å². The number of halogens is 3. The zero-order valence-corrected chi connectivity index (χ0v) is 21.0. The minimum absolute atomic E-state index is 0.0774. The van der Waals surface area contributed by atoms with Crippen LogP contribution in [-0.4, -0.2) is 28.5 Å². The van der Waals surface area contributed by atoms with Gasteiger partial charge in [-0.15, -0.1) is 0 Å². The summed E-state index contributed by atoms with van der Waals surface area (Å²) in [6.45, 7) is 2.18. The molecule has 3 aromatic rings. The number of aromatic nitrogens is 1. The summed E-state index contributed by atoms with van der Waals surface area (Å²) in [5.74, 6) is -1.73. The standard InChI is InChI=1S/C29H30F3N3O3/c1-2-5-21-12-23(29(30,31)32)14-25(27(36)35-15-18-8-10-19(11-9-18)28(37)38)26(21)34-17-24-13-20-6-3-4-7-22(20)16-33-24/h2-7,12-14,16,18-19,34H,8-11,15,17H2,1H3,(H,35,36)(H,37,38)/b5-2-. The van der Waals surface area contributed by atoms with Crippen molar-refractivity contribution in [1.82, 2.24) is 10.3 Å². The first-order chi connectivity index (χ1) is 18.2. The summed E-state index contributed by atoms with van der Waals surface area (Å²) in [6, 6.07) is 11.5. The third kappa shape index (κ3) is 6.51. The van der Waals surface area contributed by atoms with Gasteiger partial charge in [-0.25, -0.2) is 0 Å². The summed E-state index contributed by atoms with van der Waals surface area (Å²) in [6.07, 6.45) is 2.60. The number of carboxylic acids is 1. The number of allylic oxidation sites excluding steroid dienone is 1. The largest absolute Gasteiger partial charge is 0.481 e. The highest BCUT2D eigenvalue weighted by molar-refractivity contribution is 6.01. The Hall–Kier alpha value is -3.88. The molecule has 1 saturated carbocycles. The number of nitrogens with zero attached hydrogens (tertiary/aromatic N) is 1. The van der Waals surface area contributed by atoms with Gasteiger partial charge in [0.25, 0.3) is 5.91 Å². The van der Waals surface area contributed by atoms with Crippen molar-refractivity contribution < 1.29 is 27.9 Å². The summed E-state index contributed by atoms with van der Waals surface area (Å²) in [7, 11) is 0. The average Bonchev–Trinajstić information content (AvgIpc) is 2.90. The maximum atomic E-state index is 13.7. The fraction of sp³-hybridized carbons (Fsp3) is 0.345.